The van der Waals surface area contributed by atoms with Crippen molar-refractivity contribution in [1.29, 1.82) is 0 Å². The van der Waals surface area contributed by atoms with Gasteiger partial charge in [-0.2, -0.15) is 0 Å². The molecule has 0 aromatic heterocycles. The second-order valence-electron chi connectivity index (χ2n) is 7.11. The SMILES string of the molecule is CNC(=O)C(C)N(Cc1ccccc1C)C(=O)CN(c1ccc(F)c(Cl)c1)S(C)(=O)=O. The molecule has 31 heavy (non-hydrogen) atoms. The first-order valence-electron chi connectivity index (χ1n) is 9.44. The molecule has 0 spiro atoms. The third-order valence-corrected chi connectivity index (χ3v) is 6.32. The molecular formula is C21H25ClFN3O4S. The van der Waals surface area contributed by atoms with Crippen LogP contribution in [0, 0.1) is 12.7 Å². The average Bonchev–Trinajstić information content (AvgIpc) is 2.71. The number of aryl methyl sites for hydroxylation is 1. The summed E-state index contributed by atoms with van der Waals surface area (Å²) in [5.74, 6) is -1.69. The molecule has 0 saturated carbocycles. The van der Waals surface area contributed by atoms with Gasteiger partial charge in [-0.25, -0.2) is 12.8 Å². The van der Waals surface area contributed by atoms with Gasteiger partial charge in [0.1, 0.15) is 18.4 Å². The number of sulfonamides is 1. The van der Waals surface area contributed by atoms with Crippen molar-refractivity contribution < 1.29 is 22.4 Å². The van der Waals surface area contributed by atoms with Crippen LogP contribution < -0.4 is 9.62 Å². The summed E-state index contributed by atoms with van der Waals surface area (Å²) < 4.78 is 39.2. The van der Waals surface area contributed by atoms with Crippen molar-refractivity contribution >= 4 is 39.1 Å². The van der Waals surface area contributed by atoms with Crippen LogP contribution in [0.25, 0.3) is 0 Å². The highest BCUT2D eigenvalue weighted by atomic mass is 35.5. The molecule has 2 rings (SSSR count). The van der Waals surface area contributed by atoms with Gasteiger partial charge in [0.25, 0.3) is 0 Å². The van der Waals surface area contributed by atoms with E-state index in [9.17, 15) is 22.4 Å². The Morgan fingerprint density at radius 1 is 1.19 bits per heavy atom. The van der Waals surface area contributed by atoms with E-state index in [1.807, 2.05) is 31.2 Å². The summed E-state index contributed by atoms with van der Waals surface area (Å²) >= 11 is 5.80. The van der Waals surface area contributed by atoms with Crippen molar-refractivity contribution in [1.82, 2.24) is 10.2 Å². The molecule has 0 saturated heterocycles. The summed E-state index contributed by atoms with van der Waals surface area (Å²) in [5, 5.41) is 2.24. The molecule has 0 aliphatic carbocycles. The summed E-state index contributed by atoms with van der Waals surface area (Å²) in [5.41, 5.74) is 1.79. The number of carbonyl (C=O) groups is 2. The van der Waals surface area contributed by atoms with Gasteiger partial charge < -0.3 is 10.2 Å². The Bertz CT molecular complexity index is 1080. The maximum Gasteiger partial charge on any atom is 0.244 e. The molecule has 1 atom stereocenters. The van der Waals surface area contributed by atoms with Gasteiger partial charge in [-0.05, 0) is 43.2 Å². The number of nitrogens with one attached hydrogen (secondary N) is 1. The molecule has 2 aromatic carbocycles. The maximum atomic E-state index is 13.5. The predicted octanol–water partition coefficient (Wildman–Crippen LogP) is 2.72. The number of anilines is 1. The zero-order chi connectivity index (χ0) is 23.3. The third-order valence-electron chi connectivity index (χ3n) is 4.89. The Morgan fingerprint density at radius 2 is 1.84 bits per heavy atom. The van der Waals surface area contributed by atoms with Crippen LogP contribution in [0.4, 0.5) is 10.1 Å². The highest BCUT2D eigenvalue weighted by Gasteiger charge is 2.30. The quantitative estimate of drug-likeness (QED) is 0.644. The molecule has 0 heterocycles. The van der Waals surface area contributed by atoms with E-state index in [1.54, 1.807) is 6.92 Å². The van der Waals surface area contributed by atoms with Crippen LogP contribution in [0.3, 0.4) is 0 Å². The molecular weight excluding hydrogens is 445 g/mol. The van der Waals surface area contributed by atoms with Gasteiger partial charge in [0.15, 0.2) is 0 Å². The van der Waals surface area contributed by atoms with Crippen molar-refractivity contribution in [2.24, 2.45) is 0 Å². The van der Waals surface area contributed by atoms with Crippen LogP contribution >= 0.6 is 11.6 Å². The van der Waals surface area contributed by atoms with E-state index in [0.717, 1.165) is 33.8 Å². The number of likely N-dealkylation sites (N-methyl/N-ethyl adjacent to an activating group) is 1. The first-order chi connectivity index (χ1) is 14.5. The number of carbonyl (C=O) groups excluding carboxylic acids is 2. The van der Waals surface area contributed by atoms with Crippen LogP contribution in [-0.4, -0.2) is 51.0 Å². The van der Waals surface area contributed by atoms with Crippen molar-refractivity contribution in [3.63, 3.8) is 0 Å². The van der Waals surface area contributed by atoms with Gasteiger partial charge in [0.05, 0.1) is 17.0 Å². The fourth-order valence-corrected chi connectivity index (χ4v) is 4.03. The minimum absolute atomic E-state index is 0.0469. The number of nitrogens with zero attached hydrogens (tertiary/aromatic N) is 2. The van der Waals surface area contributed by atoms with Crippen molar-refractivity contribution in [3.8, 4) is 0 Å². The molecule has 10 heteroatoms. The fourth-order valence-electron chi connectivity index (χ4n) is 3.02. The zero-order valence-corrected chi connectivity index (χ0v) is 19.3. The standard InChI is InChI=1S/C21H25ClFN3O4S/c1-14-7-5-6-8-16(14)12-25(15(2)21(28)24-3)20(27)13-26(31(4,29)30)17-9-10-19(23)18(22)11-17/h5-11,15H,12-13H2,1-4H3,(H,24,28). The van der Waals surface area contributed by atoms with Crippen LogP contribution in [0.5, 0.6) is 0 Å². The van der Waals surface area contributed by atoms with E-state index < -0.39 is 40.2 Å². The maximum absolute atomic E-state index is 13.5. The summed E-state index contributed by atoms with van der Waals surface area (Å²) in [6, 6.07) is 9.93. The van der Waals surface area contributed by atoms with Crippen LogP contribution in [0.15, 0.2) is 42.5 Å². The number of hydrogen-bond acceptors (Lipinski definition) is 4. The molecule has 0 aliphatic rings. The number of halogens is 2. The summed E-state index contributed by atoms with van der Waals surface area (Å²) in [6.45, 7) is 2.98. The van der Waals surface area contributed by atoms with Gasteiger partial charge >= 0.3 is 0 Å². The number of amides is 2. The fraction of sp³-hybridized carbons (Fsp3) is 0.333. The lowest BCUT2D eigenvalue weighted by molar-refractivity contribution is -0.139. The van der Waals surface area contributed by atoms with E-state index >= 15 is 0 Å². The molecule has 7 nitrogen and oxygen atoms in total. The lowest BCUT2D eigenvalue weighted by Gasteiger charge is -2.31. The second kappa shape index (κ2) is 10.1. The molecule has 0 radical (unpaired) electrons. The van der Waals surface area contributed by atoms with Gasteiger partial charge in [0, 0.05) is 13.6 Å². The van der Waals surface area contributed by atoms with E-state index in [-0.39, 0.29) is 17.3 Å². The van der Waals surface area contributed by atoms with Gasteiger partial charge in [0.2, 0.25) is 21.8 Å². The normalized spacial score (nSPS) is 12.2. The van der Waals surface area contributed by atoms with E-state index in [4.69, 9.17) is 11.6 Å². The van der Waals surface area contributed by atoms with Crippen LogP contribution in [-0.2, 0) is 26.2 Å². The van der Waals surface area contributed by atoms with Gasteiger partial charge in [-0.1, -0.05) is 35.9 Å². The summed E-state index contributed by atoms with van der Waals surface area (Å²) in [7, 11) is -2.45. The number of benzene rings is 2. The topological polar surface area (TPSA) is 86.8 Å². The van der Waals surface area contributed by atoms with Crippen LogP contribution in [0.2, 0.25) is 5.02 Å². The molecule has 1 unspecified atom stereocenters. The largest absolute Gasteiger partial charge is 0.357 e. The average molecular weight is 470 g/mol. The lowest BCUT2D eigenvalue weighted by atomic mass is 10.1. The highest BCUT2D eigenvalue weighted by molar-refractivity contribution is 7.92. The summed E-state index contributed by atoms with van der Waals surface area (Å²) in [4.78, 5) is 26.8. The number of rotatable bonds is 8. The first-order valence-corrected chi connectivity index (χ1v) is 11.7. The molecule has 0 fully saturated rings. The van der Waals surface area contributed by atoms with Crippen molar-refractivity contribution in [2.45, 2.75) is 26.4 Å². The Morgan fingerprint density at radius 3 is 2.39 bits per heavy atom. The number of hydrogen-bond donors (Lipinski definition) is 1. The summed E-state index contributed by atoms with van der Waals surface area (Å²) in [6.07, 6.45) is 0.936. The molecule has 1 N–H and O–H groups in total. The monoisotopic (exact) mass is 469 g/mol. The smallest absolute Gasteiger partial charge is 0.244 e. The van der Waals surface area contributed by atoms with Gasteiger partial charge in [-0.3, -0.25) is 13.9 Å². The third kappa shape index (κ3) is 6.18. The van der Waals surface area contributed by atoms with E-state index in [2.05, 4.69) is 5.32 Å². The molecule has 0 bridgehead atoms. The van der Waals surface area contributed by atoms with Crippen molar-refractivity contribution in [3.05, 3.63) is 64.4 Å². The van der Waals surface area contributed by atoms with Crippen molar-refractivity contribution in [2.75, 3.05) is 24.2 Å². The second-order valence-corrected chi connectivity index (χ2v) is 9.42. The Balaban J connectivity index is 2.42. The molecule has 2 amide bonds. The predicted molar refractivity (Wildman–Crippen MR) is 119 cm³/mol. The molecule has 0 aliphatic heterocycles. The molecule has 2 aromatic rings. The Labute approximate surface area is 186 Å². The minimum Gasteiger partial charge on any atom is -0.357 e. The Kier molecular flexibility index (Phi) is 8.02. The van der Waals surface area contributed by atoms with E-state index in [0.29, 0.717) is 0 Å². The lowest BCUT2D eigenvalue weighted by Crippen LogP contribution is -2.50. The minimum atomic E-state index is -3.90. The van der Waals surface area contributed by atoms with Crippen LogP contribution in [0.1, 0.15) is 18.1 Å². The van der Waals surface area contributed by atoms with E-state index in [1.165, 1.54) is 18.0 Å². The zero-order valence-electron chi connectivity index (χ0n) is 17.7. The first kappa shape index (κ1) is 24.6. The highest BCUT2D eigenvalue weighted by Crippen LogP contribution is 2.25. The van der Waals surface area contributed by atoms with Gasteiger partial charge in [-0.15, -0.1) is 0 Å². The Hall–Kier alpha value is -2.65. The molecule has 168 valence electrons.